The quantitative estimate of drug-likeness (QED) is 0.700. The molecule has 2 rings (SSSR count). The highest BCUT2D eigenvalue weighted by Gasteiger charge is 2.14. The number of ether oxygens (including phenoxy) is 2. The van der Waals surface area contributed by atoms with Gasteiger partial charge in [0, 0.05) is 6.54 Å². The molecule has 0 amide bonds. The maximum Gasteiger partial charge on any atom is 0.170 e. The lowest BCUT2D eigenvalue weighted by Gasteiger charge is -2.11. The van der Waals surface area contributed by atoms with Crippen molar-refractivity contribution in [1.29, 1.82) is 0 Å². The summed E-state index contributed by atoms with van der Waals surface area (Å²) in [6.45, 7) is 1.60. The Balaban J connectivity index is 2.17. The number of nitrogens with two attached hydrogens (primary N) is 1. The van der Waals surface area contributed by atoms with Gasteiger partial charge in [-0.1, -0.05) is 24.3 Å². The molecule has 0 radical (unpaired) electrons. The third-order valence-corrected chi connectivity index (χ3v) is 2.16. The van der Waals surface area contributed by atoms with Crippen LogP contribution in [-0.4, -0.2) is 12.8 Å². The Bertz CT molecular complexity index is 261. The molecule has 0 unspecified atom stereocenters. The molecular weight excluding hydrogens is 166 g/mol. The number of fused-ring (bicyclic) bond motifs is 1. The van der Waals surface area contributed by atoms with Crippen LogP contribution in [0.2, 0.25) is 0 Å². The van der Waals surface area contributed by atoms with Crippen LogP contribution in [0.15, 0.2) is 24.3 Å². The van der Waals surface area contributed by atoms with Crippen molar-refractivity contribution < 1.29 is 9.47 Å². The molecule has 0 aromatic heterocycles. The fourth-order valence-electron chi connectivity index (χ4n) is 1.39. The SMILES string of the molecule is NCC1OCc2ccccc2CO1. The van der Waals surface area contributed by atoms with Gasteiger partial charge in [-0.15, -0.1) is 0 Å². The molecule has 2 N–H and O–H groups in total. The second-order valence-electron chi connectivity index (χ2n) is 3.06. The Morgan fingerprint density at radius 2 is 1.69 bits per heavy atom. The number of hydrogen-bond acceptors (Lipinski definition) is 3. The molecule has 13 heavy (non-hydrogen) atoms. The van der Waals surface area contributed by atoms with Crippen LogP contribution in [-0.2, 0) is 22.7 Å². The molecule has 1 heterocycles. The minimum atomic E-state index is -0.257. The first-order chi connectivity index (χ1) is 6.40. The first-order valence-corrected chi connectivity index (χ1v) is 4.40. The summed E-state index contributed by atoms with van der Waals surface area (Å²) in [5.41, 5.74) is 7.84. The smallest absolute Gasteiger partial charge is 0.170 e. The van der Waals surface area contributed by atoms with E-state index >= 15 is 0 Å². The zero-order chi connectivity index (χ0) is 9.10. The summed E-state index contributed by atoms with van der Waals surface area (Å²) in [5.74, 6) is 0. The highest BCUT2D eigenvalue weighted by atomic mass is 16.7. The average molecular weight is 179 g/mol. The number of hydrogen-bond donors (Lipinski definition) is 1. The van der Waals surface area contributed by atoms with Gasteiger partial charge in [-0.25, -0.2) is 0 Å². The molecule has 0 fully saturated rings. The molecule has 0 bridgehead atoms. The van der Waals surface area contributed by atoms with Gasteiger partial charge in [-0.05, 0) is 11.1 Å². The van der Waals surface area contributed by atoms with Gasteiger partial charge in [-0.3, -0.25) is 0 Å². The molecule has 1 aromatic rings. The second kappa shape index (κ2) is 3.87. The first kappa shape index (κ1) is 8.69. The van der Waals surface area contributed by atoms with Crippen LogP contribution in [0.4, 0.5) is 0 Å². The predicted octanol–water partition coefficient (Wildman–Crippen LogP) is 1.02. The van der Waals surface area contributed by atoms with Crippen LogP contribution in [0.5, 0.6) is 0 Å². The molecule has 70 valence electrons. The molecule has 0 saturated carbocycles. The molecule has 1 aliphatic rings. The normalized spacial score (nSPS) is 17.9. The Kier molecular flexibility index (Phi) is 2.59. The minimum absolute atomic E-state index is 0.257. The fraction of sp³-hybridized carbons (Fsp3) is 0.400. The Hall–Kier alpha value is -0.900. The zero-order valence-corrected chi connectivity index (χ0v) is 7.40. The zero-order valence-electron chi connectivity index (χ0n) is 7.40. The predicted molar refractivity (Wildman–Crippen MR) is 48.9 cm³/mol. The first-order valence-electron chi connectivity index (χ1n) is 4.40. The van der Waals surface area contributed by atoms with Crippen molar-refractivity contribution in [2.45, 2.75) is 19.5 Å². The molecule has 0 saturated heterocycles. The topological polar surface area (TPSA) is 44.5 Å². The van der Waals surface area contributed by atoms with Gasteiger partial charge in [0.05, 0.1) is 13.2 Å². The standard InChI is InChI=1S/C10H13NO2/c11-5-10-12-6-8-3-1-2-4-9(8)7-13-10/h1-4,10H,5-7,11H2. The summed E-state index contributed by atoms with van der Waals surface area (Å²) in [5, 5.41) is 0. The lowest BCUT2D eigenvalue weighted by Crippen LogP contribution is -2.24. The highest BCUT2D eigenvalue weighted by molar-refractivity contribution is 5.26. The van der Waals surface area contributed by atoms with E-state index in [-0.39, 0.29) is 6.29 Å². The Labute approximate surface area is 77.5 Å². The summed E-state index contributed by atoms with van der Waals surface area (Å²) in [4.78, 5) is 0. The summed E-state index contributed by atoms with van der Waals surface area (Å²) in [7, 11) is 0. The lowest BCUT2D eigenvalue weighted by molar-refractivity contribution is -0.141. The van der Waals surface area contributed by atoms with Crippen LogP contribution in [0.25, 0.3) is 0 Å². The summed E-state index contributed by atoms with van der Waals surface area (Å²) >= 11 is 0. The van der Waals surface area contributed by atoms with Crippen molar-refractivity contribution in [2.75, 3.05) is 6.54 Å². The second-order valence-corrected chi connectivity index (χ2v) is 3.06. The molecule has 3 nitrogen and oxygen atoms in total. The molecule has 0 spiro atoms. The van der Waals surface area contributed by atoms with Crippen molar-refractivity contribution in [2.24, 2.45) is 5.73 Å². The van der Waals surface area contributed by atoms with Gasteiger partial charge < -0.3 is 15.2 Å². The van der Waals surface area contributed by atoms with Gasteiger partial charge in [0.15, 0.2) is 6.29 Å². The van der Waals surface area contributed by atoms with Crippen molar-refractivity contribution in [3.63, 3.8) is 0 Å². The lowest BCUT2D eigenvalue weighted by atomic mass is 10.1. The molecule has 0 atom stereocenters. The summed E-state index contributed by atoms with van der Waals surface area (Å²) in [6, 6.07) is 8.12. The van der Waals surface area contributed by atoms with E-state index in [4.69, 9.17) is 15.2 Å². The molecule has 1 aromatic carbocycles. The maximum absolute atomic E-state index is 5.46. The molecular formula is C10H13NO2. The molecule has 1 aliphatic heterocycles. The van der Waals surface area contributed by atoms with Crippen LogP contribution in [0, 0.1) is 0 Å². The fourth-order valence-corrected chi connectivity index (χ4v) is 1.39. The van der Waals surface area contributed by atoms with Crippen LogP contribution in [0.1, 0.15) is 11.1 Å². The van der Waals surface area contributed by atoms with Crippen LogP contribution < -0.4 is 5.73 Å². The van der Waals surface area contributed by atoms with E-state index in [1.165, 1.54) is 11.1 Å². The number of benzene rings is 1. The molecule has 3 heteroatoms. The monoisotopic (exact) mass is 179 g/mol. The van der Waals surface area contributed by atoms with Crippen molar-refractivity contribution in [1.82, 2.24) is 0 Å². The van der Waals surface area contributed by atoms with E-state index in [0.29, 0.717) is 19.8 Å². The average Bonchev–Trinajstić information content (AvgIpc) is 2.39. The van der Waals surface area contributed by atoms with Gasteiger partial charge in [0.2, 0.25) is 0 Å². The third kappa shape index (κ3) is 1.88. The van der Waals surface area contributed by atoms with Crippen LogP contribution in [0.3, 0.4) is 0 Å². The van der Waals surface area contributed by atoms with Gasteiger partial charge in [-0.2, -0.15) is 0 Å². The Morgan fingerprint density at radius 3 is 2.15 bits per heavy atom. The summed E-state index contributed by atoms with van der Waals surface area (Å²) < 4.78 is 10.9. The van der Waals surface area contributed by atoms with Crippen molar-refractivity contribution >= 4 is 0 Å². The highest BCUT2D eigenvalue weighted by Crippen LogP contribution is 2.17. The van der Waals surface area contributed by atoms with Crippen LogP contribution >= 0.6 is 0 Å². The van der Waals surface area contributed by atoms with Gasteiger partial charge in [0.25, 0.3) is 0 Å². The van der Waals surface area contributed by atoms with E-state index in [9.17, 15) is 0 Å². The summed E-state index contributed by atoms with van der Waals surface area (Å²) in [6.07, 6.45) is -0.257. The van der Waals surface area contributed by atoms with Crippen molar-refractivity contribution in [3.05, 3.63) is 35.4 Å². The van der Waals surface area contributed by atoms with E-state index in [1.807, 2.05) is 12.1 Å². The minimum Gasteiger partial charge on any atom is -0.347 e. The largest absolute Gasteiger partial charge is 0.347 e. The van der Waals surface area contributed by atoms with E-state index < -0.39 is 0 Å². The van der Waals surface area contributed by atoms with Gasteiger partial charge >= 0.3 is 0 Å². The van der Waals surface area contributed by atoms with E-state index in [2.05, 4.69) is 12.1 Å². The molecule has 0 aliphatic carbocycles. The maximum atomic E-state index is 5.46. The van der Waals surface area contributed by atoms with Crippen molar-refractivity contribution in [3.8, 4) is 0 Å². The Morgan fingerprint density at radius 1 is 1.15 bits per heavy atom. The van der Waals surface area contributed by atoms with E-state index in [1.54, 1.807) is 0 Å². The third-order valence-electron chi connectivity index (χ3n) is 2.16. The van der Waals surface area contributed by atoms with Gasteiger partial charge in [0.1, 0.15) is 0 Å². The number of rotatable bonds is 1. The van der Waals surface area contributed by atoms with E-state index in [0.717, 1.165) is 0 Å².